The Morgan fingerprint density at radius 1 is 0.362 bits per heavy atom. The molecule has 0 radical (unpaired) electrons. The molecule has 1 heterocycles. The lowest BCUT2D eigenvalue weighted by Gasteiger charge is -2.29. The van der Waals surface area contributed by atoms with Crippen LogP contribution in [-0.4, -0.2) is 0 Å². The Hall–Kier alpha value is -6.81. The summed E-state index contributed by atoms with van der Waals surface area (Å²) < 4.78 is 0. The molecule has 0 spiro atoms. The van der Waals surface area contributed by atoms with Crippen molar-refractivity contribution in [2.75, 3.05) is 9.80 Å². The summed E-state index contributed by atoms with van der Waals surface area (Å²) in [6, 6.07) is 75.3. The normalized spacial score (nSPS) is 13.1. The fraction of sp³-hybridized carbons (Fsp3) is 0.0545. The third kappa shape index (κ3) is 5.57. The molecule has 0 saturated heterocycles. The molecule has 9 aromatic carbocycles. The second-order valence-corrected chi connectivity index (χ2v) is 16.8. The quantitative estimate of drug-likeness (QED) is 0.160. The Morgan fingerprint density at radius 3 is 1.47 bits per heavy atom. The Kier molecular flexibility index (Phi) is 8.13. The van der Waals surface area contributed by atoms with Crippen LogP contribution in [0.4, 0.5) is 34.1 Å². The summed E-state index contributed by atoms with van der Waals surface area (Å²) in [5, 5.41) is 2.57. The van der Waals surface area contributed by atoms with E-state index in [0.29, 0.717) is 0 Å². The third-order valence-electron chi connectivity index (χ3n) is 12.0. The summed E-state index contributed by atoms with van der Waals surface area (Å²) in [4.78, 5) is 7.32. The molecule has 0 amide bonds. The zero-order valence-electron chi connectivity index (χ0n) is 32.4. The van der Waals surface area contributed by atoms with Gasteiger partial charge in [-0.05, 0) is 129 Å². The van der Waals surface area contributed by atoms with Crippen molar-refractivity contribution in [3.63, 3.8) is 0 Å². The van der Waals surface area contributed by atoms with E-state index in [0.717, 1.165) is 22.7 Å². The van der Waals surface area contributed by atoms with E-state index in [2.05, 4.69) is 230 Å². The largest absolute Gasteiger partial charge is 0.310 e. The van der Waals surface area contributed by atoms with Crippen molar-refractivity contribution in [1.29, 1.82) is 0 Å². The van der Waals surface area contributed by atoms with Gasteiger partial charge in [-0.1, -0.05) is 147 Å². The fourth-order valence-electron chi connectivity index (χ4n) is 9.22. The molecular formula is C55H40N2S. The summed E-state index contributed by atoms with van der Waals surface area (Å²) in [5.41, 5.74) is 17.2. The van der Waals surface area contributed by atoms with Gasteiger partial charge in [-0.15, -0.1) is 0 Å². The van der Waals surface area contributed by atoms with Gasteiger partial charge < -0.3 is 9.80 Å². The van der Waals surface area contributed by atoms with E-state index in [9.17, 15) is 0 Å². The molecule has 2 nitrogen and oxygen atoms in total. The van der Waals surface area contributed by atoms with Gasteiger partial charge >= 0.3 is 0 Å². The first-order valence-corrected chi connectivity index (χ1v) is 20.8. The molecule has 2 aliphatic rings. The number of rotatable bonds is 7. The van der Waals surface area contributed by atoms with Gasteiger partial charge in [-0.3, -0.25) is 0 Å². The molecule has 11 rings (SSSR count). The number of anilines is 6. The summed E-state index contributed by atoms with van der Waals surface area (Å²) in [6.07, 6.45) is 0. The van der Waals surface area contributed by atoms with E-state index >= 15 is 0 Å². The first-order chi connectivity index (χ1) is 28.5. The Bertz CT molecular complexity index is 2920. The zero-order valence-corrected chi connectivity index (χ0v) is 33.2. The fourth-order valence-corrected chi connectivity index (χ4v) is 10.4. The van der Waals surface area contributed by atoms with Crippen molar-refractivity contribution in [1.82, 2.24) is 0 Å². The number of hydrogen-bond donors (Lipinski definition) is 0. The molecule has 0 aromatic heterocycles. The van der Waals surface area contributed by atoms with Crippen LogP contribution in [0.1, 0.15) is 25.0 Å². The molecule has 0 fully saturated rings. The Balaban J connectivity index is 0.959. The van der Waals surface area contributed by atoms with Crippen molar-refractivity contribution < 1.29 is 0 Å². The van der Waals surface area contributed by atoms with Crippen LogP contribution in [0.15, 0.2) is 216 Å². The highest BCUT2D eigenvalue weighted by atomic mass is 32.2. The van der Waals surface area contributed by atoms with Crippen LogP contribution in [0.25, 0.3) is 44.2 Å². The van der Waals surface area contributed by atoms with Gasteiger partial charge in [-0.2, -0.15) is 0 Å². The van der Waals surface area contributed by atoms with Crippen LogP contribution >= 0.6 is 11.8 Å². The molecule has 0 saturated carbocycles. The second-order valence-electron chi connectivity index (χ2n) is 15.8. The van der Waals surface area contributed by atoms with Gasteiger partial charge in [0.05, 0.1) is 5.69 Å². The highest BCUT2D eigenvalue weighted by molar-refractivity contribution is 7.99. The van der Waals surface area contributed by atoms with Crippen molar-refractivity contribution in [3.05, 3.63) is 217 Å². The highest BCUT2D eigenvalue weighted by Crippen LogP contribution is 2.54. The van der Waals surface area contributed by atoms with E-state index in [1.54, 1.807) is 0 Å². The van der Waals surface area contributed by atoms with Crippen molar-refractivity contribution in [3.8, 4) is 33.4 Å². The lowest BCUT2D eigenvalue weighted by Crippen LogP contribution is -2.16. The summed E-state index contributed by atoms with van der Waals surface area (Å²) >= 11 is 1.89. The standard InChI is InChI=1S/C55H40N2S/c1-55(2)49-34-37(26-29-44(49)45-31-28-43(36-50(45)55)56(39-16-7-3-8-17-39)40-18-9-4-10-19-40)38-27-30-46-47-32-33-51(48-24-15-25-52(54(47)48)58-53(46)35-38)57(41-20-11-5-12-21-41)42-22-13-6-14-23-42/h3-36H,1-2H3. The maximum atomic E-state index is 2.44. The van der Waals surface area contributed by atoms with E-state index in [-0.39, 0.29) is 5.41 Å². The number of para-hydroxylation sites is 4. The van der Waals surface area contributed by atoms with Crippen LogP contribution in [0.3, 0.4) is 0 Å². The minimum Gasteiger partial charge on any atom is -0.310 e. The topological polar surface area (TPSA) is 6.48 Å². The van der Waals surface area contributed by atoms with Gasteiger partial charge in [0.25, 0.3) is 0 Å². The minimum absolute atomic E-state index is 0.168. The first-order valence-electron chi connectivity index (χ1n) is 20.0. The lowest BCUT2D eigenvalue weighted by molar-refractivity contribution is 0.660. The maximum Gasteiger partial charge on any atom is 0.0540 e. The van der Waals surface area contributed by atoms with Crippen LogP contribution < -0.4 is 9.80 Å². The van der Waals surface area contributed by atoms with E-state index < -0.39 is 0 Å². The molecule has 0 N–H and O–H groups in total. The van der Waals surface area contributed by atoms with Crippen LogP contribution in [-0.2, 0) is 5.41 Å². The van der Waals surface area contributed by atoms with Crippen molar-refractivity contribution >= 4 is 56.7 Å². The lowest BCUT2D eigenvalue weighted by atomic mass is 9.81. The van der Waals surface area contributed by atoms with Crippen LogP contribution in [0.5, 0.6) is 0 Å². The predicted octanol–water partition coefficient (Wildman–Crippen LogP) is 15.9. The second kappa shape index (κ2) is 13.7. The van der Waals surface area contributed by atoms with Gasteiger partial charge in [-0.25, -0.2) is 0 Å². The minimum atomic E-state index is -0.168. The molecule has 0 bridgehead atoms. The van der Waals surface area contributed by atoms with Crippen molar-refractivity contribution in [2.24, 2.45) is 0 Å². The summed E-state index contributed by atoms with van der Waals surface area (Å²) in [5.74, 6) is 0. The molecule has 0 atom stereocenters. The van der Waals surface area contributed by atoms with Crippen LogP contribution in [0.2, 0.25) is 0 Å². The molecular weight excluding hydrogens is 721 g/mol. The maximum absolute atomic E-state index is 2.44. The third-order valence-corrected chi connectivity index (χ3v) is 13.1. The van der Waals surface area contributed by atoms with Crippen LogP contribution in [0, 0.1) is 0 Å². The average Bonchev–Trinajstić information content (AvgIpc) is 3.50. The van der Waals surface area contributed by atoms with Gasteiger partial charge in [0.1, 0.15) is 0 Å². The SMILES string of the molecule is CC1(C)c2cc(-c3ccc4c(c3)Sc3cccc5c(N(c6ccccc6)c6ccccc6)ccc-4c35)ccc2-c2ccc(N(c3ccccc3)c3ccccc3)cc21. The zero-order chi connectivity index (χ0) is 38.8. The number of fused-ring (bicyclic) bond motifs is 5. The monoisotopic (exact) mass is 760 g/mol. The molecule has 58 heavy (non-hydrogen) atoms. The number of hydrogen-bond acceptors (Lipinski definition) is 3. The molecule has 3 heteroatoms. The molecule has 1 aliphatic heterocycles. The first kappa shape index (κ1) is 34.4. The van der Waals surface area contributed by atoms with Crippen molar-refractivity contribution in [2.45, 2.75) is 29.1 Å². The number of nitrogens with zero attached hydrogens (tertiary/aromatic N) is 2. The molecule has 9 aromatic rings. The molecule has 1 aliphatic carbocycles. The molecule has 0 unspecified atom stereocenters. The van der Waals surface area contributed by atoms with E-state index in [1.165, 1.54) is 76.4 Å². The van der Waals surface area contributed by atoms with Gasteiger partial charge in [0.15, 0.2) is 0 Å². The predicted molar refractivity (Wildman–Crippen MR) is 246 cm³/mol. The smallest absolute Gasteiger partial charge is 0.0540 e. The number of benzene rings is 9. The van der Waals surface area contributed by atoms with E-state index in [1.807, 2.05) is 11.8 Å². The average molecular weight is 761 g/mol. The summed E-state index contributed by atoms with van der Waals surface area (Å²) in [7, 11) is 0. The molecule has 276 valence electrons. The van der Waals surface area contributed by atoms with Gasteiger partial charge in [0.2, 0.25) is 0 Å². The van der Waals surface area contributed by atoms with Gasteiger partial charge in [0, 0.05) is 54.4 Å². The highest BCUT2D eigenvalue weighted by Gasteiger charge is 2.36. The van der Waals surface area contributed by atoms with E-state index in [4.69, 9.17) is 0 Å². The Labute approximate surface area is 344 Å². The summed E-state index contributed by atoms with van der Waals surface area (Å²) in [6.45, 7) is 4.76. The Morgan fingerprint density at radius 2 is 0.862 bits per heavy atom.